The van der Waals surface area contributed by atoms with E-state index in [0.717, 1.165) is 12.1 Å². The summed E-state index contributed by atoms with van der Waals surface area (Å²) in [4.78, 5) is 29.8. The molecule has 1 atom stereocenters. The van der Waals surface area contributed by atoms with Crippen molar-refractivity contribution in [3.05, 3.63) is 80.7 Å². The number of nitrogens with zero attached hydrogens (tertiary/aromatic N) is 6. The zero-order valence-corrected chi connectivity index (χ0v) is 17.0. The molecule has 166 valence electrons. The number of nitriles is 2. The van der Waals surface area contributed by atoms with Crippen molar-refractivity contribution in [2.24, 2.45) is 10.3 Å². The van der Waals surface area contributed by atoms with Crippen LogP contribution < -0.4 is 0 Å². The Kier molecular flexibility index (Phi) is 8.16. The average molecular weight is 452 g/mol. The molecule has 12 heteroatoms. The Bertz CT molecular complexity index is 1240. The van der Waals surface area contributed by atoms with E-state index in [9.17, 15) is 18.4 Å². The number of oxime groups is 1. The summed E-state index contributed by atoms with van der Waals surface area (Å²) in [6, 6.07) is 10.8. The number of azide groups is 1. The van der Waals surface area contributed by atoms with E-state index in [4.69, 9.17) is 20.9 Å². The first-order valence-corrected chi connectivity index (χ1v) is 9.03. The van der Waals surface area contributed by atoms with E-state index in [-0.39, 0.29) is 24.1 Å². The van der Waals surface area contributed by atoms with E-state index >= 15 is 0 Å². The summed E-state index contributed by atoms with van der Waals surface area (Å²) in [7, 11) is 1.17. The van der Waals surface area contributed by atoms with E-state index in [1.165, 1.54) is 31.4 Å². The van der Waals surface area contributed by atoms with Gasteiger partial charge in [0, 0.05) is 22.5 Å². The van der Waals surface area contributed by atoms with Gasteiger partial charge in [0.05, 0.1) is 30.5 Å². The Hall–Kier alpha value is -4.80. The summed E-state index contributed by atoms with van der Waals surface area (Å²) in [5, 5.41) is 24.3. The third kappa shape index (κ3) is 5.67. The van der Waals surface area contributed by atoms with Crippen LogP contribution in [0.25, 0.3) is 10.4 Å². The molecular weight excluding hydrogens is 438 g/mol. The van der Waals surface area contributed by atoms with Crippen LogP contribution in [0.2, 0.25) is 0 Å². The lowest BCUT2D eigenvalue weighted by Crippen LogP contribution is -2.43. The zero-order chi connectivity index (χ0) is 24.4. The SMILES string of the molecule is COC(=O)C1(CN=[N+]=[N-])CC(c2ccc(F)c(C#N)c2)=NO1.N#Cc1cc(C=O)ccc1F. The van der Waals surface area contributed by atoms with Crippen molar-refractivity contribution in [2.45, 2.75) is 12.0 Å². The number of carbonyl (C=O) groups is 2. The van der Waals surface area contributed by atoms with Crippen LogP contribution in [0.3, 0.4) is 0 Å². The molecule has 10 nitrogen and oxygen atoms in total. The van der Waals surface area contributed by atoms with E-state index < -0.39 is 23.2 Å². The van der Waals surface area contributed by atoms with E-state index in [0.29, 0.717) is 23.1 Å². The van der Waals surface area contributed by atoms with Gasteiger partial charge in [0.25, 0.3) is 0 Å². The number of halogens is 2. The molecule has 0 saturated heterocycles. The molecule has 0 saturated carbocycles. The lowest BCUT2D eigenvalue weighted by atomic mass is 9.93. The van der Waals surface area contributed by atoms with Gasteiger partial charge in [0.15, 0.2) is 0 Å². The average Bonchev–Trinajstić information content (AvgIpc) is 3.29. The van der Waals surface area contributed by atoms with E-state index in [2.05, 4.69) is 19.9 Å². The van der Waals surface area contributed by atoms with Crippen LogP contribution in [0.4, 0.5) is 8.78 Å². The highest BCUT2D eigenvalue weighted by atomic mass is 19.1. The fourth-order valence-corrected chi connectivity index (χ4v) is 2.72. The number of hydrogen-bond donors (Lipinski definition) is 0. The maximum absolute atomic E-state index is 13.3. The van der Waals surface area contributed by atoms with E-state index in [1.807, 2.05) is 0 Å². The monoisotopic (exact) mass is 452 g/mol. The molecule has 1 heterocycles. The van der Waals surface area contributed by atoms with Gasteiger partial charge in [-0.2, -0.15) is 10.5 Å². The summed E-state index contributed by atoms with van der Waals surface area (Å²) in [6.07, 6.45) is 0.551. The molecule has 2 aromatic rings. The Morgan fingerprint density at radius 3 is 2.48 bits per heavy atom. The fourth-order valence-electron chi connectivity index (χ4n) is 2.72. The van der Waals surface area contributed by atoms with Crippen LogP contribution >= 0.6 is 0 Å². The predicted molar refractivity (Wildman–Crippen MR) is 109 cm³/mol. The summed E-state index contributed by atoms with van der Waals surface area (Å²) in [6.45, 7) is -0.296. The minimum Gasteiger partial charge on any atom is -0.466 e. The number of ether oxygens (including phenoxy) is 1. The van der Waals surface area contributed by atoms with Crippen LogP contribution in [-0.2, 0) is 14.4 Å². The minimum atomic E-state index is -1.54. The second-order valence-corrected chi connectivity index (χ2v) is 6.46. The molecule has 1 aliphatic heterocycles. The van der Waals surface area contributed by atoms with Crippen molar-refractivity contribution in [1.29, 1.82) is 10.5 Å². The number of aldehydes is 1. The lowest BCUT2D eigenvalue weighted by molar-refractivity contribution is -0.165. The smallest absolute Gasteiger partial charge is 0.353 e. The Morgan fingerprint density at radius 2 is 1.91 bits per heavy atom. The number of benzene rings is 2. The largest absolute Gasteiger partial charge is 0.466 e. The molecule has 0 amide bonds. The summed E-state index contributed by atoms with van der Waals surface area (Å²) >= 11 is 0. The van der Waals surface area contributed by atoms with Gasteiger partial charge in [-0.25, -0.2) is 13.6 Å². The van der Waals surface area contributed by atoms with Crippen LogP contribution in [0, 0.1) is 34.3 Å². The van der Waals surface area contributed by atoms with Crippen molar-refractivity contribution in [3.63, 3.8) is 0 Å². The number of carbonyl (C=O) groups excluding carboxylic acids is 2. The van der Waals surface area contributed by atoms with Gasteiger partial charge < -0.3 is 9.57 Å². The van der Waals surface area contributed by atoms with Crippen molar-refractivity contribution in [1.82, 2.24) is 0 Å². The van der Waals surface area contributed by atoms with Crippen LogP contribution in [-0.4, -0.2) is 37.2 Å². The van der Waals surface area contributed by atoms with Crippen LogP contribution in [0.1, 0.15) is 33.5 Å². The summed E-state index contributed by atoms with van der Waals surface area (Å²) < 4.78 is 30.6. The Labute approximate surface area is 185 Å². The molecule has 0 aromatic heterocycles. The summed E-state index contributed by atoms with van der Waals surface area (Å²) in [5.74, 6) is -1.99. The van der Waals surface area contributed by atoms with Crippen LogP contribution in [0.15, 0.2) is 46.7 Å². The topological polar surface area (TPSA) is 161 Å². The number of rotatable bonds is 5. The maximum Gasteiger partial charge on any atom is 0.353 e. The van der Waals surface area contributed by atoms with Crippen LogP contribution in [0.5, 0.6) is 0 Å². The van der Waals surface area contributed by atoms with Crippen molar-refractivity contribution in [2.75, 3.05) is 13.7 Å². The van der Waals surface area contributed by atoms with Gasteiger partial charge in [-0.15, -0.1) is 0 Å². The molecule has 0 radical (unpaired) electrons. The predicted octanol–water partition coefficient (Wildman–Crippen LogP) is 3.55. The zero-order valence-electron chi connectivity index (χ0n) is 17.0. The second-order valence-electron chi connectivity index (χ2n) is 6.46. The highest BCUT2D eigenvalue weighted by molar-refractivity contribution is 6.05. The molecule has 1 unspecified atom stereocenters. The normalized spacial score (nSPS) is 15.8. The Morgan fingerprint density at radius 1 is 1.27 bits per heavy atom. The molecule has 33 heavy (non-hydrogen) atoms. The molecule has 3 rings (SSSR count). The molecular formula is C21H14F2N6O4. The van der Waals surface area contributed by atoms with Gasteiger partial charge in [-0.1, -0.05) is 16.3 Å². The molecule has 0 fully saturated rings. The third-order valence-corrected chi connectivity index (χ3v) is 4.40. The number of esters is 1. The van der Waals surface area contributed by atoms with Crippen molar-refractivity contribution < 1.29 is 27.9 Å². The summed E-state index contributed by atoms with van der Waals surface area (Å²) in [5.41, 5.74) is 7.69. The Balaban J connectivity index is 0.000000294. The molecule has 0 aliphatic carbocycles. The van der Waals surface area contributed by atoms with Gasteiger partial charge in [-0.3, -0.25) is 4.79 Å². The molecule has 1 aliphatic rings. The quantitative estimate of drug-likeness (QED) is 0.221. The number of methoxy groups -OCH3 is 1. The third-order valence-electron chi connectivity index (χ3n) is 4.40. The molecule has 2 aromatic carbocycles. The fraction of sp³-hybridized carbons (Fsp3) is 0.190. The van der Waals surface area contributed by atoms with Crippen molar-refractivity contribution >= 4 is 18.0 Å². The van der Waals surface area contributed by atoms with Gasteiger partial charge in [0.1, 0.15) is 30.1 Å². The molecule has 0 bridgehead atoms. The second kappa shape index (κ2) is 11.0. The van der Waals surface area contributed by atoms with Gasteiger partial charge in [-0.05, 0) is 35.9 Å². The van der Waals surface area contributed by atoms with Gasteiger partial charge in [0.2, 0.25) is 5.60 Å². The first kappa shape index (κ1) is 24.5. The van der Waals surface area contributed by atoms with Crippen molar-refractivity contribution in [3.8, 4) is 12.1 Å². The molecule has 0 N–H and O–H groups in total. The highest BCUT2D eigenvalue weighted by Crippen LogP contribution is 2.29. The molecule has 0 spiro atoms. The minimum absolute atomic E-state index is 0.0187. The maximum atomic E-state index is 13.3. The number of hydrogen-bond acceptors (Lipinski definition) is 8. The first-order chi connectivity index (χ1) is 15.8. The van der Waals surface area contributed by atoms with E-state index in [1.54, 1.807) is 12.1 Å². The first-order valence-electron chi connectivity index (χ1n) is 9.03. The van der Waals surface area contributed by atoms with Gasteiger partial charge >= 0.3 is 5.97 Å². The standard InChI is InChI=1S/C13H10FN5O3.C8H4FNO/c1-21-12(20)13(7-17-19-16)5-11(18-22-13)8-2-3-10(14)9(4-8)6-15;9-8-2-1-6(5-11)3-7(8)4-10/h2-4H,5,7H2,1H3;1-3,5H. The lowest BCUT2D eigenvalue weighted by Gasteiger charge is -2.20. The highest BCUT2D eigenvalue weighted by Gasteiger charge is 2.47.